The summed E-state index contributed by atoms with van der Waals surface area (Å²) in [5.74, 6) is 0.760. The van der Waals surface area contributed by atoms with Crippen molar-refractivity contribution in [2.45, 2.75) is 32.6 Å². The van der Waals surface area contributed by atoms with Gasteiger partial charge in [0.1, 0.15) is 0 Å². The van der Waals surface area contributed by atoms with Gasteiger partial charge < -0.3 is 5.73 Å². The first-order valence-electron chi connectivity index (χ1n) is 5.56. The van der Waals surface area contributed by atoms with Gasteiger partial charge >= 0.3 is 0 Å². The number of imidazole rings is 1. The first kappa shape index (κ1) is 11.1. The van der Waals surface area contributed by atoms with E-state index < -0.39 is 0 Å². The summed E-state index contributed by atoms with van der Waals surface area (Å²) >= 11 is 0. The molecule has 0 aliphatic rings. The third-order valence-electron chi connectivity index (χ3n) is 2.59. The summed E-state index contributed by atoms with van der Waals surface area (Å²) in [6.45, 7) is 7.12. The third-order valence-corrected chi connectivity index (χ3v) is 2.59. The minimum atomic E-state index is 0.0260. The molecular formula is C12H18N4. The zero-order valence-electron chi connectivity index (χ0n) is 10.1. The van der Waals surface area contributed by atoms with E-state index >= 15 is 0 Å². The Kier molecular flexibility index (Phi) is 2.68. The lowest BCUT2D eigenvalue weighted by Crippen LogP contribution is -2.17. The number of fused-ring (bicyclic) bond motifs is 1. The Morgan fingerprint density at radius 2 is 2.12 bits per heavy atom. The number of hydrogen-bond donors (Lipinski definition) is 1. The molecule has 2 aromatic heterocycles. The van der Waals surface area contributed by atoms with Crippen molar-refractivity contribution in [2.24, 2.45) is 5.73 Å². The van der Waals surface area contributed by atoms with E-state index in [0.29, 0.717) is 6.54 Å². The molecule has 0 amide bonds. The standard InChI is InChI=1S/C12H18N4/c1-12(2,3)10-9(5-6-13)16-8-4-7-14-11(16)15-10/h4,7-8H,5-6,13H2,1-3H3. The maximum absolute atomic E-state index is 5.66. The van der Waals surface area contributed by atoms with E-state index in [0.717, 1.165) is 17.9 Å². The van der Waals surface area contributed by atoms with Crippen LogP contribution in [-0.4, -0.2) is 20.9 Å². The highest BCUT2D eigenvalue weighted by molar-refractivity contribution is 5.38. The Labute approximate surface area is 95.5 Å². The Morgan fingerprint density at radius 3 is 2.75 bits per heavy atom. The van der Waals surface area contributed by atoms with Crippen LogP contribution in [0.1, 0.15) is 32.2 Å². The average molecular weight is 218 g/mol. The van der Waals surface area contributed by atoms with Crippen LogP contribution >= 0.6 is 0 Å². The van der Waals surface area contributed by atoms with Crippen LogP contribution in [-0.2, 0) is 11.8 Å². The zero-order valence-corrected chi connectivity index (χ0v) is 10.1. The fourth-order valence-electron chi connectivity index (χ4n) is 1.91. The molecule has 0 aliphatic carbocycles. The smallest absolute Gasteiger partial charge is 0.234 e. The largest absolute Gasteiger partial charge is 0.330 e. The minimum Gasteiger partial charge on any atom is -0.330 e. The summed E-state index contributed by atoms with van der Waals surface area (Å²) in [5, 5.41) is 0. The molecule has 86 valence electrons. The van der Waals surface area contributed by atoms with Crippen molar-refractivity contribution in [1.29, 1.82) is 0 Å². The summed E-state index contributed by atoms with van der Waals surface area (Å²) in [6, 6.07) is 1.92. The summed E-state index contributed by atoms with van der Waals surface area (Å²) < 4.78 is 2.04. The highest BCUT2D eigenvalue weighted by atomic mass is 15.1. The van der Waals surface area contributed by atoms with Crippen molar-refractivity contribution in [1.82, 2.24) is 14.4 Å². The molecular weight excluding hydrogens is 200 g/mol. The van der Waals surface area contributed by atoms with E-state index in [4.69, 9.17) is 5.73 Å². The van der Waals surface area contributed by atoms with Crippen LogP contribution < -0.4 is 5.73 Å². The maximum atomic E-state index is 5.66. The van der Waals surface area contributed by atoms with Gasteiger partial charge in [0, 0.05) is 29.9 Å². The van der Waals surface area contributed by atoms with Crippen molar-refractivity contribution in [3.63, 3.8) is 0 Å². The van der Waals surface area contributed by atoms with E-state index in [-0.39, 0.29) is 5.41 Å². The van der Waals surface area contributed by atoms with Crippen LogP contribution in [0.15, 0.2) is 18.5 Å². The molecule has 0 saturated heterocycles. The molecule has 2 rings (SSSR count). The summed E-state index contributed by atoms with van der Waals surface area (Å²) in [4.78, 5) is 8.87. The van der Waals surface area contributed by atoms with Crippen LogP contribution in [0, 0.1) is 0 Å². The van der Waals surface area contributed by atoms with E-state index in [1.54, 1.807) is 6.20 Å². The fourth-order valence-corrected chi connectivity index (χ4v) is 1.91. The second-order valence-corrected chi connectivity index (χ2v) is 4.99. The van der Waals surface area contributed by atoms with Gasteiger partial charge in [-0.15, -0.1) is 0 Å². The Morgan fingerprint density at radius 1 is 1.38 bits per heavy atom. The van der Waals surface area contributed by atoms with Gasteiger partial charge in [-0.05, 0) is 12.6 Å². The molecule has 0 aromatic carbocycles. The Balaban J connectivity index is 2.68. The van der Waals surface area contributed by atoms with Crippen molar-refractivity contribution in [3.8, 4) is 0 Å². The van der Waals surface area contributed by atoms with Crippen molar-refractivity contribution in [2.75, 3.05) is 6.54 Å². The highest BCUT2D eigenvalue weighted by Gasteiger charge is 2.23. The van der Waals surface area contributed by atoms with Crippen LogP contribution in [0.4, 0.5) is 0 Å². The maximum Gasteiger partial charge on any atom is 0.234 e. The molecule has 2 N–H and O–H groups in total. The fraction of sp³-hybridized carbons (Fsp3) is 0.500. The van der Waals surface area contributed by atoms with Crippen LogP contribution in [0.3, 0.4) is 0 Å². The van der Waals surface area contributed by atoms with Gasteiger partial charge in [-0.3, -0.25) is 4.40 Å². The van der Waals surface area contributed by atoms with Gasteiger partial charge in [0.05, 0.1) is 5.69 Å². The first-order valence-corrected chi connectivity index (χ1v) is 5.56. The molecule has 0 unspecified atom stereocenters. The number of hydrogen-bond acceptors (Lipinski definition) is 3. The minimum absolute atomic E-state index is 0.0260. The molecule has 4 heteroatoms. The summed E-state index contributed by atoms with van der Waals surface area (Å²) in [5.41, 5.74) is 7.96. The van der Waals surface area contributed by atoms with E-state index in [1.807, 2.05) is 16.7 Å². The molecule has 2 aromatic rings. The Hall–Kier alpha value is -1.42. The number of nitrogens with zero attached hydrogens (tertiary/aromatic N) is 3. The van der Waals surface area contributed by atoms with Crippen LogP contribution in [0.25, 0.3) is 5.78 Å². The second kappa shape index (κ2) is 3.87. The van der Waals surface area contributed by atoms with Crippen LogP contribution in [0.2, 0.25) is 0 Å². The number of rotatable bonds is 2. The first-order chi connectivity index (χ1) is 7.54. The normalized spacial score (nSPS) is 12.2. The van der Waals surface area contributed by atoms with Gasteiger partial charge in [0.2, 0.25) is 5.78 Å². The summed E-state index contributed by atoms with van der Waals surface area (Å²) in [7, 11) is 0. The topological polar surface area (TPSA) is 56.2 Å². The van der Waals surface area contributed by atoms with Crippen molar-refractivity contribution in [3.05, 3.63) is 29.8 Å². The third kappa shape index (κ3) is 1.80. The lowest BCUT2D eigenvalue weighted by molar-refractivity contribution is 0.563. The highest BCUT2D eigenvalue weighted by Crippen LogP contribution is 2.25. The predicted molar refractivity (Wildman–Crippen MR) is 64.4 cm³/mol. The van der Waals surface area contributed by atoms with Gasteiger partial charge in [-0.1, -0.05) is 20.8 Å². The SMILES string of the molecule is CC(C)(C)c1nc2ncccn2c1CCN. The molecule has 0 bridgehead atoms. The van der Waals surface area contributed by atoms with Crippen LogP contribution in [0.5, 0.6) is 0 Å². The molecule has 2 heterocycles. The molecule has 0 radical (unpaired) electrons. The molecule has 0 saturated carbocycles. The molecule has 16 heavy (non-hydrogen) atoms. The molecule has 4 nitrogen and oxygen atoms in total. The van der Waals surface area contributed by atoms with E-state index in [9.17, 15) is 0 Å². The summed E-state index contributed by atoms with van der Waals surface area (Å²) in [6.07, 6.45) is 4.59. The predicted octanol–water partition coefficient (Wildman–Crippen LogP) is 1.53. The second-order valence-electron chi connectivity index (χ2n) is 4.99. The van der Waals surface area contributed by atoms with Gasteiger partial charge in [0.15, 0.2) is 0 Å². The molecule has 0 spiro atoms. The molecule has 0 atom stereocenters. The van der Waals surface area contributed by atoms with Crippen molar-refractivity contribution >= 4 is 5.78 Å². The molecule has 0 fully saturated rings. The Bertz CT molecular complexity index is 493. The number of aromatic nitrogens is 3. The zero-order chi connectivity index (χ0) is 11.8. The average Bonchev–Trinajstić information content (AvgIpc) is 2.58. The quantitative estimate of drug-likeness (QED) is 0.831. The van der Waals surface area contributed by atoms with Gasteiger partial charge in [0.25, 0.3) is 0 Å². The molecule has 0 aliphatic heterocycles. The monoisotopic (exact) mass is 218 g/mol. The lowest BCUT2D eigenvalue weighted by atomic mass is 9.90. The van der Waals surface area contributed by atoms with E-state index in [2.05, 4.69) is 30.7 Å². The van der Waals surface area contributed by atoms with Gasteiger partial charge in [-0.2, -0.15) is 0 Å². The van der Waals surface area contributed by atoms with Crippen molar-refractivity contribution < 1.29 is 0 Å². The van der Waals surface area contributed by atoms with E-state index in [1.165, 1.54) is 5.69 Å². The number of nitrogens with two attached hydrogens (primary N) is 1. The lowest BCUT2D eigenvalue weighted by Gasteiger charge is -2.17. The van der Waals surface area contributed by atoms with Gasteiger partial charge in [-0.25, -0.2) is 9.97 Å².